The Labute approximate surface area is 639 Å². The third-order valence-electron chi connectivity index (χ3n) is 19.5. The molecular formula is C88H151N5S6. The van der Waals surface area contributed by atoms with Crippen LogP contribution < -0.4 is 10.6 Å². The first-order chi connectivity index (χ1) is 48.9. The Morgan fingerprint density at radius 1 is 0.242 bits per heavy atom. The van der Waals surface area contributed by atoms with Gasteiger partial charge in [0.15, 0.2) is 5.82 Å². The van der Waals surface area contributed by atoms with E-state index in [1.165, 1.54) is 393 Å². The predicted octanol–water partition coefficient (Wildman–Crippen LogP) is 33.1. The van der Waals surface area contributed by atoms with Gasteiger partial charge in [0.1, 0.15) is 0 Å². The van der Waals surface area contributed by atoms with E-state index >= 15 is 0 Å². The zero-order chi connectivity index (χ0) is 70.4. The highest BCUT2D eigenvalue weighted by Gasteiger charge is 2.19. The Morgan fingerprint density at radius 3 is 0.667 bits per heavy atom. The summed E-state index contributed by atoms with van der Waals surface area (Å²) in [6.45, 7) is 16.1. The van der Waals surface area contributed by atoms with E-state index < -0.39 is 0 Å². The van der Waals surface area contributed by atoms with Gasteiger partial charge in [-0.2, -0.15) is 15.0 Å². The molecule has 0 aliphatic carbocycles. The molecule has 0 fully saturated rings. The molecule has 2 N–H and O–H groups in total. The Balaban J connectivity index is 1.73. The smallest absolute Gasteiger partial charge is 0.232 e. The molecule has 11 heteroatoms. The van der Waals surface area contributed by atoms with E-state index in [1.807, 2.05) is 0 Å². The molecule has 0 atom stereocenters. The summed E-state index contributed by atoms with van der Waals surface area (Å²) in [4.78, 5) is 24.7. The van der Waals surface area contributed by atoms with Crippen molar-refractivity contribution >= 4 is 93.8 Å². The highest BCUT2D eigenvalue weighted by molar-refractivity contribution is 8.04. The van der Waals surface area contributed by atoms with E-state index in [9.17, 15) is 0 Å². The number of nitrogens with zero attached hydrogens (tertiary/aromatic N) is 3. The van der Waals surface area contributed by atoms with Crippen LogP contribution in [0.1, 0.15) is 394 Å². The SMILES string of the molecule is CCCCCCCCCCCSc1cc(Nc2nc(Nc3cc(SCCCCCCCCCCC)c(SCCCCCCCCCCC)c(SCCCCCCCCCCC)c3)nc(-c3ccc(C)cc3)n2)cc(SCCCCCCCCCCC)c1SCCCCCCCCCCC. The fraction of sp³-hybridized carbons (Fsp3) is 0.761. The second-order valence-electron chi connectivity index (χ2n) is 29.1. The van der Waals surface area contributed by atoms with Crippen molar-refractivity contribution in [3.8, 4) is 11.4 Å². The normalized spacial score (nSPS) is 11.6. The lowest BCUT2D eigenvalue weighted by atomic mass is 10.1. The lowest BCUT2D eigenvalue weighted by molar-refractivity contribution is 0.573. The summed E-state index contributed by atoms with van der Waals surface area (Å²) in [7, 11) is 0. The second-order valence-corrected chi connectivity index (χ2v) is 35.8. The van der Waals surface area contributed by atoms with Crippen LogP contribution in [0.2, 0.25) is 0 Å². The van der Waals surface area contributed by atoms with Gasteiger partial charge in [-0.25, -0.2) is 0 Å². The molecule has 0 unspecified atom stereocenters. The zero-order valence-electron chi connectivity index (χ0n) is 65.3. The average molecular weight is 1470 g/mol. The summed E-state index contributed by atoms with van der Waals surface area (Å²) in [6, 6.07) is 18.6. The number of aryl methyl sites for hydroxylation is 1. The van der Waals surface area contributed by atoms with Crippen molar-refractivity contribution in [2.75, 3.05) is 45.2 Å². The van der Waals surface area contributed by atoms with Gasteiger partial charge in [-0.15, -0.1) is 70.6 Å². The van der Waals surface area contributed by atoms with Gasteiger partial charge < -0.3 is 10.6 Å². The van der Waals surface area contributed by atoms with Gasteiger partial charge in [-0.05, 0) is 104 Å². The van der Waals surface area contributed by atoms with E-state index in [0.717, 1.165) is 39.9 Å². The van der Waals surface area contributed by atoms with Crippen molar-refractivity contribution in [1.29, 1.82) is 0 Å². The number of hydrogen-bond acceptors (Lipinski definition) is 11. The Bertz CT molecular complexity index is 2260. The molecule has 0 aliphatic heterocycles. The van der Waals surface area contributed by atoms with Crippen LogP contribution in [0.3, 0.4) is 0 Å². The van der Waals surface area contributed by atoms with Crippen LogP contribution in [0.25, 0.3) is 11.4 Å². The molecule has 564 valence electrons. The molecule has 0 bridgehead atoms. The number of aromatic nitrogens is 3. The maximum absolute atomic E-state index is 5.37. The van der Waals surface area contributed by atoms with Crippen LogP contribution in [0, 0.1) is 6.92 Å². The van der Waals surface area contributed by atoms with Crippen molar-refractivity contribution in [3.05, 3.63) is 54.1 Å². The molecule has 0 saturated carbocycles. The van der Waals surface area contributed by atoms with Crippen LogP contribution >= 0.6 is 70.6 Å². The summed E-state index contributed by atoms with van der Waals surface area (Å²) in [5.41, 5.74) is 4.40. The number of anilines is 4. The number of benzene rings is 3. The Kier molecular flexibility index (Phi) is 58.7. The third kappa shape index (κ3) is 46.2. The number of rotatable bonds is 71. The summed E-state index contributed by atoms with van der Waals surface area (Å²) in [5.74, 6) is 8.85. The minimum atomic E-state index is 0.594. The monoisotopic (exact) mass is 1470 g/mol. The summed E-state index contributed by atoms with van der Waals surface area (Å²) in [6.07, 6.45) is 73.5. The average Bonchev–Trinajstić information content (AvgIpc) is 0.816. The number of hydrogen-bond donors (Lipinski definition) is 2. The molecular weight excluding hydrogens is 1320 g/mol. The summed E-state index contributed by atoms with van der Waals surface area (Å²) < 4.78 is 0. The number of thioether (sulfide) groups is 6. The first-order valence-corrected chi connectivity index (χ1v) is 48.3. The maximum atomic E-state index is 5.37. The summed E-state index contributed by atoms with van der Waals surface area (Å²) in [5, 5.41) is 7.81. The lowest BCUT2D eigenvalue weighted by Crippen LogP contribution is -2.06. The molecule has 1 heterocycles. The number of unbranched alkanes of at least 4 members (excludes halogenated alkanes) is 48. The molecule has 5 nitrogen and oxygen atoms in total. The molecule has 99 heavy (non-hydrogen) atoms. The topological polar surface area (TPSA) is 62.7 Å². The minimum Gasteiger partial charge on any atom is -0.324 e. The maximum Gasteiger partial charge on any atom is 0.232 e. The van der Waals surface area contributed by atoms with Gasteiger partial charge in [0.2, 0.25) is 11.9 Å². The first-order valence-electron chi connectivity index (χ1n) is 42.4. The van der Waals surface area contributed by atoms with Crippen LogP contribution in [-0.4, -0.2) is 49.5 Å². The first kappa shape index (κ1) is 89.8. The molecule has 0 aliphatic rings. The third-order valence-corrected chi connectivity index (χ3v) is 27.0. The van der Waals surface area contributed by atoms with Crippen molar-refractivity contribution in [3.63, 3.8) is 0 Å². The largest absolute Gasteiger partial charge is 0.324 e. The molecule has 3 aromatic carbocycles. The minimum absolute atomic E-state index is 0.594. The van der Waals surface area contributed by atoms with Crippen LogP contribution in [0.15, 0.2) is 77.9 Å². The Morgan fingerprint density at radius 2 is 0.444 bits per heavy atom. The molecule has 0 spiro atoms. The van der Waals surface area contributed by atoms with Crippen molar-refractivity contribution in [2.24, 2.45) is 0 Å². The number of nitrogens with one attached hydrogen (secondary N) is 2. The van der Waals surface area contributed by atoms with Crippen LogP contribution in [0.5, 0.6) is 0 Å². The zero-order valence-corrected chi connectivity index (χ0v) is 70.2. The van der Waals surface area contributed by atoms with E-state index in [-0.39, 0.29) is 0 Å². The van der Waals surface area contributed by atoms with Gasteiger partial charge in [-0.1, -0.05) is 380 Å². The lowest BCUT2D eigenvalue weighted by Gasteiger charge is -2.19. The van der Waals surface area contributed by atoms with Crippen LogP contribution in [0.4, 0.5) is 23.3 Å². The van der Waals surface area contributed by atoms with E-state index in [1.54, 1.807) is 0 Å². The molecule has 0 saturated heterocycles. The van der Waals surface area contributed by atoms with Crippen molar-refractivity contribution < 1.29 is 0 Å². The summed E-state index contributed by atoms with van der Waals surface area (Å²) >= 11 is 12.7. The standard InChI is InChI=1S/C88H151N5S6/c1-8-14-20-26-32-38-44-50-56-66-94-80-72-78(73-81(95-67-57-51-45-39-33-27-21-15-9-2)84(80)98-70-60-54-48-42-36-30-24-18-12-5)89-87-91-86(77-64-62-76(7)63-65-77)92-88(93-87)90-79-74-82(96-68-58-52-46-40-34-28-22-16-10-3)85(99-71-61-55-49-43-37-31-25-19-13-6)83(75-79)97-69-59-53-47-41-35-29-23-17-11-4/h62-65,72-75H,8-61,66-71H2,1-7H3,(H2,89,90,91,92,93). The molecule has 4 rings (SSSR count). The molecule has 0 amide bonds. The van der Waals surface area contributed by atoms with Gasteiger partial charge >= 0.3 is 0 Å². The molecule has 4 aromatic rings. The van der Waals surface area contributed by atoms with Gasteiger partial charge in [0.25, 0.3) is 0 Å². The van der Waals surface area contributed by atoms with E-state index in [2.05, 4.69) is 178 Å². The Hall–Kier alpha value is -1.63. The van der Waals surface area contributed by atoms with Gasteiger partial charge in [0.05, 0.1) is 0 Å². The molecule has 1 aromatic heterocycles. The van der Waals surface area contributed by atoms with Gasteiger partial charge in [-0.3, -0.25) is 0 Å². The van der Waals surface area contributed by atoms with Crippen LogP contribution in [-0.2, 0) is 0 Å². The van der Waals surface area contributed by atoms with Crippen molar-refractivity contribution in [1.82, 2.24) is 15.0 Å². The fourth-order valence-corrected chi connectivity index (χ4v) is 20.7. The second kappa shape index (κ2) is 64.7. The van der Waals surface area contributed by atoms with E-state index in [4.69, 9.17) is 15.0 Å². The predicted molar refractivity (Wildman–Crippen MR) is 457 cm³/mol. The van der Waals surface area contributed by atoms with E-state index in [0.29, 0.717) is 17.7 Å². The fourth-order valence-electron chi connectivity index (χ4n) is 13.1. The van der Waals surface area contributed by atoms with Crippen molar-refractivity contribution in [2.45, 2.75) is 425 Å². The molecule has 0 radical (unpaired) electrons. The highest BCUT2D eigenvalue weighted by atomic mass is 32.2. The quantitative estimate of drug-likeness (QED) is 0.0328. The highest BCUT2D eigenvalue weighted by Crippen LogP contribution is 2.45. The van der Waals surface area contributed by atoms with Gasteiger partial charge in [0, 0.05) is 46.3 Å².